The quantitative estimate of drug-likeness (QED) is 0.752. The molecule has 0 aromatic carbocycles. The molecule has 1 spiro atoms. The zero-order chi connectivity index (χ0) is 16.2. The van der Waals surface area contributed by atoms with Crippen molar-refractivity contribution < 1.29 is 0 Å². The number of hydrogen-bond acceptors (Lipinski definition) is 2. The first-order chi connectivity index (χ1) is 10.1. The molecule has 2 heterocycles. The van der Waals surface area contributed by atoms with Crippen LogP contribution >= 0.6 is 0 Å². The van der Waals surface area contributed by atoms with Crippen molar-refractivity contribution in [2.75, 3.05) is 32.7 Å². The van der Waals surface area contributed by atoms with Gasteiger partial charge in [-0.1, -0.05) is 20.8 Å². The molecule has 0 aromatic heterocycles. The normalized spacial score (nSPS) is 28.6. The van der Waals surface area contributed by atoms with Crippen molar-refractivity contribution in [1.29, 1.82) is 0 Å². The lowest BCUT2D eigenvalue weighted by atomic mass is 9.61. The number of hydrogen-bond donors (Lipinski definition) is 0. The van der Waals surface area contributed by atoms with Crippen molar-refractivity contribution in [2.45, 2.75) is 72.8 Å². The molecule has 0 atom stereocenters. The lowest BCUT2D eigenvalue weighted by Gasteiger charge is -2.57. The second-order valence-corrected chi connectivity index (χ2v) is 10.8. The van der Waals surface area contributed by atoms with Crippen LogP contribution in [0.1, 0.15) is 67.2 Å². The molecule has 2 aliphatic heterocycles. The highest BCUT2D eigenvalue weighted by molar-refractivity contribution is 5.01. The van der Waals surface area contributed by atoms with E-state index in [-0.39, 0.29) is 0 Å². The fourth-order valence-corrected chi connectivity index (χ4v) is 5.04. The van der Waals surface area contributed by atoms with Crippen molar-refractivity contribution >= 4 is 0 Å². The Kier molecular flexibility index (Phi) is 4.18. The van der Waals surface area contributed by atoms with Gasteiger partial charge in [-0.15, -0.1) is 0 Å². The fourth-order valence-electron chi connectivity index (χ4n) is 5.04. The van der Waals surface area contributed by atoms with Crippen LogP contribution in [0.15, 0.2) is 0 Å². The Labute approximate surface area is 138 Å². The molecule has 1 aliphatic carbocycles. The van der Waals surface area contributed by atoms with Crippen molar-refractivity contribution in [2.24, 2.45) is 22.7 Å². The van der Waals surface area contributed by atoms with Gasteiger partial charge in [-0.3, -0.25) is 4.90 Å². The molecule has 0 aromatic rings. The Hall–Kier alpha value is -0.0800. The minimum absolute atomic E-state index is 0.373. The van der Waals surface area contributed by atoms with Gasteiger partial charge in [0.25, 0.3) is 0 Å². The van der Waals surface area contributed by atoms with E-state index in [0.29, 0.717) is 11.0 Å². The molecule has 0 amide bonds. The van der Waals surface area contributed by atoms with E-state index in [1.165, 1.54) is 58.4 Å². The lowest BCUT2D eigenvalue weighted by Crippen LogP contribution is -2.63. The summed E-state index contributed by atoms with van der Waals surface area (Å²) >= 11 is 0. The molecular formula is C20H38N2. The Bertz CT molecular complexity index is 379. The van der Waals surface area contributed by atoms with Gasteiger partial charge in [0.15, 0.2) is 0 Å². The predicted octanol–water partition coefficient (Wildman–Crippen LogP) is 4.26. The summed E-state index contributed by atoms with van der Waals surface area (Å²) < 4.78 is 0. The van der Waals surface area contributed by atoms with Crippen molar-refractivity contribution in [3.05, 3.63) is 0 Å². The van der Waals surface area contributed by atoms with E-state index >= 15 is 0 Å². The Balaban J connectivity index is 1.37. The molecule has 0 bridgehead atoms. The van der Waals surface area contributed by atoms with Gasteiger partial charge in [-0.25, -0.2) is 0 Å². The van der Waals surface area contributed by atoms with Gasteiger partial charge in [-0.05, 0) is 69.1 Å². The topological polar surface area (TPSA) is 6.48 Å². The second kappa shape index (κ2) is 5.48. The fraction of sp³-hybridized carbons (Fsp3) is 1.00. The van der Waals surface area contributed by atoms with Crippen LogP contribution in [0.25, 0.3) is 0 Å². The van der Waals surface area contributed by atoms with Gasteiger partial charge in [0, 0.05) is 38.3 Å². The maximum atomic E-state index is 2.75. The molecule has 128 valence electrons. The van der Waals surface area contributed by atoms with E-state index < -0.39 is 0 Å². The van der Waals surface area contributed by atoms with Crippen molar-refractivity contribution in [3.8, 4) is 0 Å². The summed E-state index contributed by atoms with van der Waals surface area (Å²) in [7, 11) is 0. The van der Waals surface area contributed by atoms with Crippen LogP contribution in [0.3, 0.4) is 0 Å². The van der Waals surface area contributed by atoms with E-state index in [9.17, 15) is 0 Å². The molecule has 0 N–H and O–H groups in total. The Morgan fingerprint density at radius 3 is 1.91 bits per heavy atom. The molecule has 0 unspecified atom stereocenters. The maximum absolute atomic E-state index is 2.75. The Morgan fingerprint density at radius 2 is 1.45 bits per heavy atom. The van der Waals surface area contributed by atoms with Crippen LogP contribution in [-0.2, 0) is 0 Å². The van der Waals surface area contributed by atoms with E-state index in [0.717, 1.165) is 17.3 Å². The molecular weight excluding hydrogens is 268 g/mol. The molecule has 2 saturated heterocycles. The summed E-state index contributed by atoms with van der Waals surface area (Å²) in [6.07, 6.45) is 5.92. The molecule has 2 heteroatoms. The highest BCUT2D eigenvalue weighted by Gasteiger charge is 2.47. The molecule has 22 heavy (non-hydrogen) atoms. The van der Waals surface area contributed by atoms with Gasteiger partial charge >= 0.3 is 0 Å². The van der Waals surface area contributed by atoms with E-state index in [4.69, 9.17) is 0 Å². The van der Waals surface area contributed by atoms with Crippen LogP contribution in [0.4, 0.5) is 0 Å². The van der Waals surface area contributed by atoms with E-state index in [1.54, 1.807) is 0 Å². The zero-order valence-corrected chi connectivity index (χ0v) is 15.9. The molecule has 3 fully saturated rings. The molecule has 3 rings (SSSR count). The summed E-state index contributed by atoms with van der Waals surface area (Å²) in [6, 6.07) is 0. The van der Waals surface area contributed by atoms with E-state index in [1.807, 2.05) is 0 Å². The predicted molar refractivity (Wildman–Crippen MR) is 95.1 cm³/mol. The van der Waals surface area contributed by atoms with Crippen molar-refractivity contribution in [3.63, 3.8) is 0 Å². The largest absolute Gasteiger partial charge is 0.302 e. The van der Waals surface area contributed by atoms with Gasteiger partial charge in [0.1, 0.15) is 0 Å². The van der Waals surface area contributed by atoms with Crippen molar-refractivity contribution in [1.82, 2.24) is 9.80 Å². The first-order valence-electron chi connectivity index (χ1n) is 9.55. The average Bonchev–Trinajstić information content (AvgIpc) is 2.28. The van der Waals surface area contributed by atoms with Gasteiger partial charge in [0.2, 0.25) is 0 Å². The van der Waals surface area contributed by atoms with Crippen LogP contribution in [0.5, 0.6) is 0 Å². The Morgan fingerprint density at radius 1 is 0.909 bits per heavy atom. The highest BCUT2D eigenvalue weighted by Crippen LogP contribution is 2.49. The molecule has 2 nitrogen and oxygen atoms in total. The first-order valence-corrected chi connectivity index (χ1v) is 9.55. The highest BCUT2D eigenvalue weighted by atomic mass is 15.3. The molecule has 1 saturated carbocycles. The average molecular weight is 307 g/mol. The minimum Gasteiger partial charge on any atom is -0.302 e. The van der Waals surface area contributed by atoms with Gasteiger partial charge < -0.3 is 4.90 Å². The monoisotopic (exact) mass is 306 g/mol. The van der Waals surface area contributed by atoms with Gasteiger partial charge in [-0.2, -0.15) is 0 Å². The van der Waals surface area contributed by atoms with Crippen LogP contribution < -0.4 is 0 Å². The minimum atomic E-state index is 0.373. The zero-order valence-electron chi connectivity index (χ0n) is 15.9. The summed E-state index contributed by atoms with van der Waals surface area (Å²) in [5, 5.41) is 0. The number of likely N-dealkylation sites (tertiary alicyclic amines) is 2. The molecule has 0 radical (unpaired) electrons. The third-order valence-electron chi connectivity index (χ3n) is 6.81. The smallest absolute Gasteiger partial charge is 0.0125 e. The number of rotatable bonds is 2. The maximum Gasteiger partial charge on any atom is 0.0125 e. The molecule has 3 aliphatic rings. The van der Waals surface area contributed by atoms with Gasteiger partial charge in [0.05, 0.1) is 0 Å². The standard InChI is InChI=1S/C20H38N2/c1-18(2,3)17-7-9-20(10-8-17)14-21(15-20)11-16-12-22(13-16)19(4,5)6/h16-17H,7-15H2,1-6H3. The summed E-state index contributed by atoms with van der Waals surface area (Å²) in [5.74, 6) is 1.89. The second-order valence-electron chi connectivity index (χ2n) is 10.8. The van der Waals surface area contributed by atoms with Crippen LogP contribution in [0.2, 0.25) is 0 Å². The third kappa shape index (κ3) is 3.38. The first kappa shape index (κ1) is 16.8. The number of nitrogens with zero attached hydrogens (tertiary/aromatic N) is 2. The summed E-state index contributed by atoms with van der Waals surface area (Å²) in [6.45, 7) is 21.1. The lowest BCUT2D eigenvalue weighted by molar-refractivity contribution is -0.0784. The van der Waals surface area contributed by atoms with Crippen LogP contribution in [0, 0.1) is 22.7 Å². The summed E-state index contributed by atoms with van der Waals surface area (Å²) in [4.78, 5) is 5.38. The SMILES string of the molecule is CC(C)(C)C1CCC2(CC1)CN(CC1CN(C(C)(C)C)C1)C2. The third-order valence-corrected chi connectivity index (χ3v) is 6.81. The van der Waals surface area contributed by atoms with Crippen LogP contribution in [-0.4, -0.2) is 48.1 Å². The summed E-state index contributed by atoms with van der Waals surface area (Å²) in [5.41, 5.74) is 1.61. The van der Waals surface area contributed by atoms with E-state index in [2.05, 4.69) is 51.3 Å².